The first-order chi connectivity index (χ1) is 19.3. The molecule has 5 N–H and O–H groups in total. The summed E-state index contributed by atoms with van der Waals surface area (Å²) in [6.45, 7) is 12.3. The van der Waals surface area contributed by atoms with Gasteiger partial charge in [-0.3, -0.25) is 10.2 Å². The first-order valence-electron chi connectivity index (χ1n) is 14.7. The Morgan fingerprint density at radius 3 is 2.50 bits per heavy atom. The fraction of sp³-hybridized carbons (Fsp3) is 0.679. The van der Waals surface area contributed by atoms with Crippen molar-refractivity contribution >= 4 is 17.5 Å². The van der Waals surface area contributed by atoms with Gasteiger partial charge in [0.2, 0.25) is 6.35 Å². The summed E-state index contributed by atoms with van der Waals surface area (Å²) in [7, 11) is 0. The molecular weight excluding hydrogens is 512 g/mol. The van der Waals surface area contributed by atoms with Gasteiger partial charge in [0.1, 0.15) is 23.8 Å². The van der Waals surface area contributed by atoms with Gasteiger partial charge in [0, 0.05) is 26.2 Å². The molecular formula is C28H44N8O4. The molecule has 0 saturated carbocycles. The van der Waals surface area contributed by atoms with Crippen molar-refractivity contribution in [1.29, 1.82) is 0 Å². The van der Waals surface area contributed by atoms with Crippen molar-refractivity contribution in [2.45, 2.75) is 83.6 Å². The molecule has 220 valence electrons. The Labute approximate surface area is 236 Å². The highest BCUT2D eigenvalue weighted by Gasteiger charge is 2.43. The second-order valence-electron chi connectivity index (χ2n) is 12.0. The highest BCUT2D eigenvalue weighted by atomic mass is 16.6. The third-order valence-electron chi connectivity index (χ3n) is 8.04. The summed E-state index contributed by atoms with van der Waals surface area (Å²) in [5, 5.41) is 18.4. The van der Waals surface area contributed by atoms with E-state index in [4.69, 9.17) is 14.2 Å². The van der Waals surface area contributed by atoms with Crippen molar-refractivity contribution < 1.29 is 19.0 Å². The smallest absolute Gasteiger partial charge is 0.410 e. The van der Waals surface area contributed by atoms with Gasteiger partial charge in [-0.05, 0) is 52.2 Å². The third kappa shape index (κ3) is 5.63. The monoisotopic (exact) mass is 556 g/mol. The van der Waals surface area contributed by atoms with Gasteiger partial charge in [-0.1, -0.05) is 19.1 Å². The van der Waals surface area contributed by atoms with Gasteiger partial charge >= 0.3 is 6.09 Å². The van der Waals surface area contributed by atoms with E-state index in [2.05, 4.69) is 67.6 Å². The number of piperidine rings is 1. The van der Waals surface area contributed by atoms with Gasteiger partial charge in [0.05, 0.1) is 36.4 Å². The van der Waals surface area contributed by atoms with E-state index in [0.29, 0.717) is 26.3 Å². The summed E-state index contributed by atoms with van der Waals surface area (Å²) in [5.41, 5.74) is 2.90. The topological polar surface area (TPSA) is 115 Å². The van der Waals surface area contributed by atoms with Crippen molar-refractivity contribution in [3.8, 4) is 0 Å². The molecule has 0 bridgehead atoms. The lowest BCUT2D eigenvalue weighted by atomic mass is 10.1. The zero-order chi connectivity index (χ0) is 27.9. The maximum atomic E-state index is 12.5. The molecule has 5 heterocycles. The highest BCUT2D eigenvalue weighted by Crippen LogP contribution is 2.37. The van der Waals surface area contributed by atoms with Crippen LogP contribution < -0.4 is 31.5 Å². The van der Waals surface area contributed by atoms with Gasteiger partial charge in [0.15, 0.2) is 6.29 Å². The normalized spacial score (nSPS) is 29.2. The number of likely N-dealkylation sites (tertiary alicyclic amines) is 1. The lowest BCUT2D eigenvalue weighted by Crippen LogP contribution is -2.68. The zero-order valence-corrected chi connectivity index (χ0v) is 24.0. The SMILES string of the molecule is CCC1Nc2ccccc2N1C1NC2=C(NC(OC3CCN(C(=O)OC(C)(C)C)CC3)N2)C(N2CCOCC2)N1. The summed E-state index contributed by atoms with van der Waals surface area (Å²) in [4.78, 5) is 19.1. The molecule has 4 unspecified atom stereocenters. The van der Waals surface area contributed by atoms with Gasteiger partial charge < -0.3 is 45.3 Å². The van der Waals surface area contributed by atoms with Crippen LogP contribution in [0, 0.1) is 0 Å². The molecule has 0 spiro atoms. The molecule has 2 saturated heterocycles. The Bertz CT molecular complexity index is 1100. The van der Waals surface area contributed by atoms with E-state index in [1.807, 2.05) is 20.8 Å². The Hall–Kier alpha value is -2.93. The number of nitrogens with zero attached hydrogens (tertiary/aromatic N) is 3. The second-order valence-corrected chi connectivity index (χ2v) is 12.0. The lowest BCUT2D eigenvalue weighted by molar-refractivity contribution is -0.0608. The van der Waals surface area contributed by atoms with Crippen molar-refractivity contribution in [1.82, 2.24) is 31.1 Å². The molecule has 5 aliphatic rings. The average molecular weight is 557 g/mol. The average Bonchev–Trinajstić information content (AvgIpc) is 3.53. The predicted octanol–water partition coefficient (Wildman–Crippen LogP) is 1.85. The van der Waals surface area contributed by atoms with Crippen LogP contribution in [0.15, 0.2) is 35.8 Å². The maximum absolute atomic E-state index is 12.5. The minimum absolute atomic E-state index is 0.0227. The molecule has 12 heteroatoms. The van der Waals surface area contributed by atoms with Crippen LogP contribution in [0.5, 0.6) is 0 Å². The maximum Gasteiger partial charge on any atom is 0.410 e. The molecule has 1 amide bonds. The molecule has 6 rings (SSSR count). The van der Waals surface area contributed by atoms with Crippen LogP contribution in [0.3, 0.4) is 0 Å². The van der Waals surface area contributed by atoms with Crippen molar-refractivity contribution in [3.05, 3.63) is 35.8 Å². The molecule has 0 aromatic heterocycles. The molecule has 1 aromatic carbocycles. The van der Waals surface area contributed by atoms with Crippen molar-refractivity contribution in [3.63, 3.8) is 0 Å². The molecule has 2 fully saturated rings. The first kappa shape index (κ1) is 27.3. The summed E-state index contributed by atoms with van der Waals surface area (Å²) < 4.78 is 17.7. The Kier molecular flexibility index (Phi) is 7.60. The summed E-state index contributed by atoms with van der Waals surface area (Å²) in [6, 6.07) is 8.47. The second kappa shape index (κ2) is 11.2. The number of fused-ring (bicyclic) bond motifs is 1. The third-order valence-corrected chi connectivity index (χ3v) is 8.04. The fourth-order valence-corrected chi connectivity index (χ4v) is 6.10. The zero-order valence-electron chi connectivity index (χ0n) is 24.0. The number of hydrogen-bond acceptors (Lipinski definition) is 11. The number of carbonyl (C=O) groups is 1. The van der Waals surface area contributed by atoms with Gasteiger partial charge in [-0.15, -0.1) is 0 Å². The fourth-order valence-electron chi connectivity index (χ4n) is 6.10. The Morgan fingerprint density at radius 2 is 1.77 bits per heavy atom. The first-order valence-corrected chi connectivity index (χ1v) is 14.7. The molecule has 1 aromatic rings. The number of amides is 1. The van der Waals surface area contributed by atoms with Crippen LogP contribution >= 0.6 is 0 Å². The van der Waals surface area contributed by atoms with Crippen LogP contribution in [0.2, 0.25) is 0 Å². The number of para-hydroxylation sites is 2. The minimum Gasteiger partial charge on any atom is -0.444 e. The van der Waals surface area contributed by atoms with Gasteiger partial charge in [0.25, 0.3) is 0 Å². The summed E-state index contributed by atoms with van der Waals surface area (Å²) in [5.74, 6) is 0.954. The molecule has 0 aliphatic carbocycles. The number of carbonyl (C=O) groups excluding carboxylic acids is 1. The van der Waals surface area contributed by atoms with Crippen LogP contribution in [0.1, 0.15) is 47.0 Å². The number of hydrogen-bond donors (Lipinski definition) is 5. The standard InChI is InChI=1S/C28H44N8O4/c1-5-21-29-19-8-6-7-9-20(19)36(21)25-31-23-22(24(33-25)34-14-16-38-17-15-34)30-26(32-23)39-18-10-12-35(13-11-18)27(37)40-28(2,3)4/h6-9,18,21,24-26,29-33H,5,10-17H2,1-4H3. The molecule has 4 atom stereocenters. The van der Waals surface area contributed by atoms with Crippen molar-refractivity contribution in [2.24, 2.45) is 0 Å². The summed E-state index contributed by atoms with van der Waals surface area (Å²) in [6.07, 6.45) is 1.94. The van der Waals surface area contributed by atoms with Crippen LogP contribution in [0.4, 0.5) is 16.2 Å². The van der Waals surface area contributed by atoms with E-state index >= 15 is 0 Å². The quantitative estimate of drug-likeness (QED) is 0.366. The van der Waals surface area contributed by atoms with Crippen molar-refractivity contribution in [2.75, 3.05) is 49.6 Å². The van der Waals surface area contributed by atoms with E-state index in [1.165, 1.54) is 5.69 Å². The minimum atomic E-state index is -0.493. The van der Waals surface area contributed by atoms with Crippen LogP contribution in [-0.2, 0) is 14.2 Å². The van der Waals surface area contributed by atoms with E-state index < -0.39 is 5.60 Å². The molecule has 0 radical (unpaired) electrons. The van der Waals surface area contributed by atoms with Gasteiger partial charge in [-0.2, -0.15) is 0 Å². The van der Waals surface area contributed by atoms with Gasteiger partial charge in [-0.25, -0.2) is 4.79 Å². The van der Waals surface area contributed by atoms with E-state index in [1.54, 1.807) is 4.90 Å². The molecule has 40 heavy (non-hydrogen) atoms. The Morgan fingerprint density at radius 1 is 1.02 bits per heavy atom. The number of benzene rings is 1. The Balaban J connectivity index is 1.13. The highest BCUT2D eigenvalue weighted by molar-refractivity contribution is 5.76. The molecule has 12 nitrogen and oxygen atoms in total. The number of anilines is 2. The number of ether oxygens (including phenoxy) is 3. The number of rotatable bonds is 5. The van der Waals surface area contributed by atoms with E-state index in [9.17, 15) is 4.79 Å². The predicted molar refractivity (Wildman–Crippen MR) is 152 cm³/mol. The lowest BCUT2D eigenvalue weighted by Gasteiger charge is -2.45. The van der Waals surface area contributed by atoms with Crippen LogP contribution in [-0.4, -0.2) is 92.0 Å². The summed E-state index contributed by atoms with van der Waals surface area (Å²) >= 11 is 0. The van der Waals surface area contributed by atoms with Crippen LogP contribution in [0.25, 0.3) is 0 Å². The van der Waals surface area contributed by atoms with E-state index in [0.717, 1.165) is 49.6 Å². The van der Waals surface area contributed by atoms with E-state index in [-0.39, 0.29) is 37.2 Å². The largest absolute Gasteiger partial charge is 0.444 e. The molecule has 5 aliphatic heterocycles. The number of nitrogens with one attached hydrogen (secondary N) is 5. The number of morpholine rings is 1.